The number of carbonyl (C=O) groups is 5. The fourth-order valence-corrected chi connectivity index (χ4v) is 7.54. The third-order valence-corrected chi connectivity index (χ3v) is 11.1. The molecule has 15 heteroatoms. The molecule has 0 bridgehead atoms. The molecule has 0 radical (unpaired) electrons. The number of hydrogen-bond donors (Lipinski definition) is 5. The summed E-state index contributed by atoms with van der Waals surface area (Å²) in [7, 11) is 0. The Morgan fingerprint density at radius 2 is 1.66 bits per heavy atom. The molecule has 4 rings (SSSR count). The number of carbonyl (C=O) groups excluding carboxylic acids is 5. The number of nitrogens with two attached hydrogens (primary N) is 1. The molecule has 5 amide bonds. The summed E-state index contributed by atoms with van der Waals surface area (Å²) in [6.07, 6.45) is -0.320. The zero-order chi connectivity index (χ0) is 44.9. The minimum atomic E-state index is -0.915. The minimum Gasteiger partial charge on any atom is -0.444 e. The van der Waals surface area contributed by atoms with Gasteiger partial charge >= 0.3 is 6.09 Å². The van der Waals surface area contributed by atoms with Gasteiger partial charge in [-0.1, -0.05) is 69.0 Å². The lowest BCUT2D eigenvalue weighted by Gasteiger charge is -2.35. The molecule has 0 saturated carbocycles. The predicted octanol–water partition coefficient (Wildman–Crippen LogP) is 5.51. The maximum absolute atomic E-state index is 14.0. The van der Waals surface area contributed by atoms with Gasteiger partial charge in [0.15, 0.2) is 0 Å². The summed E-state index contributed by atoms with van der Waals surface area (Å²) in [6, 6.07) is 13.1. The van der Waals surface area contributed by atoms with Crippen molar-refractivity contribution in [2.24, 2.45) is 11.1 Å². The van der Waals surface area contributed by atoms with Crippen LogP contribution in [0.5, 0.6) is 0 Å². The summed E-state index contributed by atoms with van der Waals surface area (Å²) in [6.45, 7) is 15.2. The van der Waals surface area contributed by atoms with Crippen molar-refractivity contribution in [3.05, 3.63) is 76.4 Å². The van der Waals surface area contributed by atoms with Crippen molar-refractivity contribution >= 4 is 41.1 Å². The number of hydrogen-bond acceptors (Lipinski definition) is 10. The van der Waals surface area contributed by atoms with E-state index >= 15 is 0 Å². The van der Waals surface area contributed by atoms with E-state index in [4.69, 9.17) is 15.2 Å². The highest BCUT2D eigenvalue weighted by Gasteiger charge is 2.44. The average Bonchev–Trinajstić information content (AvgIpc) is 3.80. The van der Waals surface area contributed by atoms with Crippen LogP contribution in [0, 0.1) is 24.2 Å². The normalized spacial score (nSPS) is 16.7. The maximum Gasteiger partial charge on any atom is 0.407 e. The van der Waals surface area contributed by atoms with E-state index in [-0.39, 0.29) is 50.8 Å². The number of primary amides is 1. The number of aliphatic hydroxyl groups is 1. The number of thiazole rings is 1. The Morgan fingerprint density at radius 3 is 2.26 bits per heavy atom. The van der Waals surface area contributed by atoms with Crippen molar-refractivity contribution in [2.45, 2.75) is 143 Å². The van der Waals surface area contributed by atoms with Crippen molar-refractivity contribution in [1.29, 1.82) is 0 Å². The molecule has 0 aliphatic carbocycles. The molecule has 1 aliphatic rings. The molecule has 1 aliphatic heterocycles. The van der Waals surface area contributed by atoms with E-state index < -0.39 is 59.3 Å². The van der Waals surface area contributed by atoms with E-state index in [1.54, 1.807) is 32.1 Å². The number of aryl methyl sites for hydroxylation is 1. The van der Waals surface area contributed by atoms with Gasteiger partial charge in [-0.3, -0.25) is 19.2 Å². The summed E-state index contributed by atoms with van der Waals surface area (Å²) < 4.78 is 11.4. The number of rotatable bonds is 17. The summed E-state index contributed by atoms with van der Waals surface area (Å²) >= 11 is 1.57. The number of β-amino-alcohol motifs (C(OH)–C–C–N with tert-alkyl or cyclic N) is 1. The van der Waals surface area contributed by atoms with Gasteiger partial charge in [0.1, 0.15) is 17.7 Å². The zero-order valence-corrected chi connectivity index (χ0v) is 37.4. The molecule has 1 fully saturated rings. The number of unbranched alkanes of at least 4 members (excludes halogenated alkanes) is 1. The van der Waals surface area contributed by atoms with Gasteiger partial charge in [-0.25, -0.2) is 9.78 Å². The molecule has 2 aromatic carbocycles. The first-order chi connectivity index (χ1) is 28.7. The van der Waals surface area contributed by atoms with Gasteiger partial charge < -0.3 is 41.2 Å². The van der Waals surface area contributed by atoms with Gasteiger partial charge in [-0.15, -0.1) is 11.3 Å². The first-order valence-electron chi connectivity index (χ1n) is 20.7. The van der Waals surface area contributed by atoms with Gasteiger partial charge in [-0.05, 0) is 81.7 Å². The lowest BCUT2D eigenvalue weighted by atomic mass is 9.85. The van der Waals surface area contributed by atoms with E-state index in [1.807, 2.05) is 88.7 Å². The van der Waals surface area contributed by atoms with Crippen LogP contribution in [0.4, 0.5) is 4.79 Å². The van der Waals surface area contributed by atoms with Gasteiger partial charge in [0, 0.05) is 44.3 Å². The van der Waals surface area contributed by atoms with E-state index in [1.165, 1.54) is 4.90 Å². The number of nitrogens with one attached hydrogen (secondary N) is 3. The third kappa shape index (κ3) is 15.6. The van der Waals surface area contributed by atoms with Gasteiger partial charge in [0.2, 0.25) is 23.6 Å². The smallest absolute Gasteiger partial charge is 0.407 e. The first-order valence-corrected chi connectivity index (χ1v) is 21.6. The van der Waals surface area contributed by atoms with Crippen LogP contribution in [-0.4, -0.2) is 87.2 Å². The Morgan fingerprint density at radius 1 is 0.984 bits per heavy atom. The molecule has 61 heavy (non-hydrogen) atoms. The third-order valence-electron chi connectivity index (χ3n) is 10.1. The first kappa shape index (κ1) is 48.4. The number of benzene rings is 2. The van der Waals surface area contributed by atoms with Crippen LogP contribution in [0.2, 0.25) is 0 Å². The van der Waals surface area contributed by atoms with Crippen molar-refractivity contribution in [3.8, 4) is 22.3 Å². The summed E-state index contributed by atoms with van der Waals surface area (Å²) in [5.74, 6) is 4.67. The van der Waals surface area contributed by atoms with E-state index in [0.717, 1.165) is 32.8 Å². The number of amides is 5. The summed E-state index contributed by atoms with van der Waals surface area (Å²) in [4.78, 5) is 71.1. The van der Waals surface area contributed by atoms with Gasteiger partial charge in [0.25, 0.3) is 0 Å². The van der Waals surface area contributed by atoms with Crippen molar-refractivity contribution in [1.82, 2.24) is 25.8 Å². The Labute approximate surface area is 363 Å². The highest BCUT2D eigenvalue weighted by molar-refractivity contribution is 7.13. The molecule has 3 aromatic rings. The Bertz CT molecular complexity index is 2030. The second-order valence-corrected chi connectivity index (χ2v) is 18.4. The Balaban J connectivity index is 1.24. The van der Waals surface area contributed by atoms with Crippen LogP contribution in [0.3, 0.4) is 0 Å². The topological polar surface area (TPSA) is 202 Å². The number of aliphatic hydroxyl groups excluding tert-OH is 1. The van der Waals surface area contributed by atoms with Crippen LogP contribution in [0.1, 0.15) is 109 Å². The highest BCUT2D eigenvalue weighted by atomic mass is 32.1. The molecule has 5 atom stereocenters. The Hall–Kier alpha value is -5.30. The zero-order valence-electron chi connectivity index (χ0n) is 36.6. The largest absolute Gasteiger partial charge is 0.444 e. The Kier molecular flexibility index (Phi) is 17.4. The molecule has 14 nitrogen and oxygen atoms in total. The van der Waals surface area contributed by atoms with Crippen LogP contribution < -0.4 is 21.7 Å². The predicted molar refractivity (Wildman–Crippen MR) is 235 cm³/mol. The number of ether oxygens (including phenoxy) is 2. The number of aromatic nitrogens is 1. The second-order valence-electron chi connectivity index (χ2n) is 17.6. The minimum absolute atomic E-state index is 0.00279. The molecular formula is C46H62N6O8S. The van der Waals surface area contributed by atoms with Crippen LogP contribution in [0.25, 0.3) is 10.4 Å². The highest BCUT2D eigenvalue weighted by Crippen LogP contribution is 2.28. The van der Waals surface area contributed by atoms with Gasteiger partial charge in [-0.2, -0.15) is 0 Å². The van der Waals surface area contributed by atoms with E-state index in [0.29, 0.717) is 19.3 Å². The summed E-state index contributed by atoms with van der Waals surface area (Å²) in [5, 5.41) is 19.2. The molecule has 330 valence electrons. The summed E-state index contributed by atoms with van der Waals surface area (Å²) in [5.41, 5.74) is 10.4. The average molecular weight is 859 g/mol. The number of nitrogens with zero attached hydrogens (tertiary/aromatic N) is 2. The monoisotopic (exact) mass is 858 g/mol. The lowest BCUT2D eigenvalue weighted by molar-refractivity contribution is -0.144. The molecule has 6 N–H and O–H groups in total. The fraction of sp³-hybridized carbons (Fsp3) is 0.522. The van der Waals surface area contributed by atoms with Crippen LogP contribution in [0.15, 0.2) is 54.0 Å². The van der Waals surface area contributed by atoms with Crippen molar-refractivity contribution < 1.29 is 38.6 Å². The molecule has 2 heterocycles. The SMILES string of the molecule is Cc1ncsc1-c1ccc(CNC(=O)[C@@H]2C[C@@H](O)CN2C(=O)[C@@H](NC(=O)CCCC#Cc2ccc(CO[C@H](C)[C@H](CCC(N)=O)NC(=O)OC(C)(C)C)cc2)C(C)(C)C)cc1. The fourth-order valence-electron chi connectivity index (χ4n) is 6.72. The molecule has 0 spiro atoms. The number of alkyl carbamates (subject to hydrolysis) is 1. The standard InChI is InChI=1S/C46H62N6O8S/c1-29-40(61-28-49-29)34-20-18-32(19-21-34)25-48-42(56)37-24-35(53)26-52(37)43(57)41(45(3,4)5)51-39(55)13-11-9-10-12-31-14-16-33(17-15-31)27-59-30(2)36(22-23-38(47)54)50-44(58)60-46(6,7)8/h14-21,28,30,35-37,41,53H,9,11,13,22-27H2,1-8H3,(H2,47,54)(H,48,56)(H,50,58)(H,51,55)/t30-,35-,36+,37+,41-/m1/s1. The lowest BCUT2D eigenvalue weighted by Crippen LogP contribution is -2.57. The van der Waals surface area contributed by atoms with Crippen LogP contribution in [-0.2, 0) is 41.8 Å². The van der Waals surface area contributed by atoms with Crippen molar-refractivity contribution in [2.75, 3.05) is 6.54 Å². The molecule has 1 saturated heterocycles. The molecule has 1 aromatic heterocycles. The quantitative estimate of drug-likeness (QED) is 0.0857. The van der Waals surface area contributed by atoms with Crippen molar-refractivity contribution in [3.63, 3.8) is 0 Å². The van der Waals surface area contributed by atoms with E-state index in [2.05, 4.69) is 32.8 Å². The number of likely N-dealkylation sites (tertiary alicyclic amines) is 1. The maximum atomic E-state index is 14.0. The van der Waals surface area contributed by atoms with Crippen LogP contribution >= 0.6 is 11.3 Å². The molecular weight excluding hydrogens is 797 g/mol. The van der Waals surface area contributed by atoms with E-state index in [9.17, 15) is 29.1 Å². The second kappa shape index (κ2) is 22.0. The molecule has 0 unspecified atom stereocenters. The van der Waals surface area contributed by atoms with Gasteiger partial charge in [0.05, 0.1) is 40.9 Å².